The van der Waals surface area contributed by atoms with E-state index in [1.165, 1.54) is 0 Å². The highest BCUT2D eigenvalue weighted by Gasteiger charge is 2.40. The lowest BCUT2D eigenvalue weighted by Crippen LogP contribution is -2.27. The summed E-state index contributed by atoms with van der Waals surface area (Å²) in [5.41, 5.74) is 9.35. The summed E-state index contributed by atoms with van der Waals surface area (Å²) in [6.07, 6.45) is 0.118. The summed E-state index contributed by atoms with van der Waals surface area (Å²) in [5, 5.41) is 0.704. The molecule has 0 saturated heterocycles. The second-order valence-corrected chi connectivity index (χ2v) is 7.82. The van der Waals surface area contributed by atoms with Gasteiger partial charge in [-0.2, -0.15) is 0 Å². The van der Waals surface area contributed by atoms with E-state index in [4.69, 9.17) is 31.8 Å². The highest BCUT2D eigenvalue weighted by Crippen LogP contribution is 2.39. The largest absolute Gasteiger partial charge is 0.491 e. The summed E-state index contributed by atoms with van der Waals surface area (Å²) in [5.74, 6) is 0.822. The van der Waals surface area contributed by atoms with Crippen LogP contribution in [0.5, 0.6) is 5.75 Å². The predicted molar refractivity (Wildman–Crippen MR) is 117 cm³/mol. The first-order valence-electron chi connectivity index (χ1n) is 9.58. The maximum absolute atomic E-state index is 6.18. The summed E-state index contributed by atoms with van der Waals surface area (Å²) in [6.45, 7) is 4.36. The summed E-state index contributed by atoms with van der Waals surface area (Å²) in [6, 6.07) is 24.2. The maximum Gasteiger partial charge on any atom is 0.283 e. The lowest BCUT2D eigenvalue weighted by atomic mass is 9.83. The molecule has 1 atom stereocenters. The summed E-state index contributed by atoms with van der Waals surface area (Å²) < 4.78 is 11.4. The molecule has 5 heteroatoms. The van der Waals surface area contributed by atoms with Gasteiger partial charge in [-0.25, -0.2) is 4.99 Å². The minimum absolute atomic E-state index is 0.118. The van der Waals surface area contributed by atoms with E-state index in [-0.39, 0.29) is 12.1 Å². The second kappa shape index (κ2) is 7.80. The molecule has 0 amide bonds. The molecule has 0 fully saturated rings. The van der Waals surface area contributed by atoms with E-state index in [9.17, 15) is 0 Å². The molecule has 0 radical (unpaired) electrons. The molecule has 1 heterocycles. The van der Waals surface area contributed by atoms with E-state index in [0.717, 1.165) is 28.0 Å². The van der Waals surface area contributed by atoms with Gasteiger partial charge >= 0.3 is 0 Å². The van der Waals surface area contributed by atoms with Gasteiger partial charge < -0.3 is 15.2 Å². The van der Waals surface area contributed by atoms with Crippen molar-refractivity contribution >= 4 is 17.6 Å². The molecule has 2 N–H and O–H groups in total. The van der Waals surface area contributed by atoms with Gasteiger partial charge in [0.25, 0.3) is 6.02 Å². The van der Waals surface area contributed by atoms with Crippen LogP contribution in [0.25, 0.3) is 11.1 Å². The zero-order valence-corrected chi connectivity index (χ0v) is 17.2. The van der Waals surface area contributed by atoms with Crippen molar-refractivity contribution in [2.75, 3.05) is 6.61 Å². The van der Waals surface area contributed by atoms with Crippen molar-refractivity contribution < 1.29 is 9.47 Å². The topological polar surface area (TPSA) is 56.8 Å². The Morgan fingerprint density at radius 1 is 0.966 bits per heavy atom. The smallest absolute Gasteiger partial charge is 0.283 e. The maximum atomic E-state index is 6.18. The Balaban J connectivity index is 1.77. The van der Waals surface area contributed by atoms with Crippen LogP contribution < -0.4 is 10.5 Å². The van der Waals surface area contributed by atoms with Crippen LogP contribution in [-0.4, -0.2) is 18.7 Å². The zero-order valence-electron chi connectivity index (χ0n) is 16.4. The highest BCUT2D eigenvalue weighted by molar-refractivity contribution is 6.30. The van der Waals surface area contributed by atoms with Crippen molar-refractivity contribution in [3.05, 3.63) is 88.9 Å². The molecule has 148 valence electrons. The van der Waals surface area contributed by atoms with Crippen LogP contribution in [-0.2, 0) is 10.3 Å². The van der Waals surface area contributed by atoms with E-state index in [2.05, 4.69) is 18.2 Å². The fraction of sp³-hybridized carbons (Fsp3) is 0.208. The molecule has 0 aliphatic carbocycles. The number of amidine groups is 1. The molecule has 0 saturated carbocycles. The number of benzene rings is 3. The zero-order chi connectivity index (χ0) is 20.4. The Labute approximate surface area is 175 Å². The van der Waals surface area contributed by atoms with Gasteiger partial charge in [-0.15, -0.1) is 0 Å². The number of aliphatic imine (C=N–C) groups is 1. The number of rotatable bonds is 5. The fourth-order valence-electron chi connectivity index (χ4n) is 3.60. The number of nitrogens with two attached hydrogens (primary N) is 1. The molecule has 0 bridgehead atoms. The van der Waals surface area contributed by atoms with Crippen LogP contribution in [0.1, 0.15) is 25.0 Å². The van der Waals surface area contributed by atoms with Crippen LogP contribution in [0.15, 0.2) is 77.8 Å². The fourth-order valence-corrected chi connectivity index (χ4v) is 3.79. The Kier molecular flexibility index (Phi) is 5.20. The summed E-state index contributed by atoms with van der Waals surface area (Å²) in [7, 11) is 0. The van der Waals surface area contributed by atoms with Gasteiger partial charge in [-0.1, -0.05) is 54.1 Å². The van der Waals surface area contributed by atoms with E-state index >= 15 is 0 Å². The summed E-state index contributed by atoms with van der Waals surface area (Å²) >= 11 is 6.18. The van der Waals surface area contributed by atoms with Crippen LogP contribution in [0.2, 0.25) is 5.02 Å². The number of nitrogens with zero attached hydrogens (tertiary/aromatic N) is 1. The van der Waals surface area contributed by atoms with Gasteiger partial charge in [0.05, 0.1) is 6.10 Å². The molecule has 3 aromatic rings. The Morgan fingerprint density at radius 3 is 2.28 bits per heavy atom. The van der Waals surface area contributed by atoms with Gasteiger partial charge in [-0.3, -0.25) is 0 Å². The first-order chi connectivity index (χ1) is 14.0. The van der Waals surface area contributed by atoms with E-state index in [1.54, 1.807) is 0 Å². The molecular formula is C24H23ClN2O2. The molecule has 1 aliphatic rings. The first-order valence-corrected chi connectivity index (χ1v) is 9.96. The molecular weight excluding hydrogens is 384 g/mol. The normalized spacial score (nSPS) is 18.4. The first kappa shape index (κ1) is 19.3. The minimum atomic E-state index is -0.699. The number of halogens is 1. The molecule has 4 rings (SSSR count). The molecule has 29 heavy (non-hydrogen) atoms. The SMILES string of the molecule is CC(C)Oc1ccc(C2(c3cccc(-c4cccc(Cl)c4)c3)COC(N)=N2)cc1. The second-order valence-electron chi connectivity index (χ2n) is 7.38. The minimum Gasteiger partial charge on any atom is -0.491 e. The monoisotopic (exact) mass is 406 g/mol. The van der Waals surface area contributed by atoms with Crippen LogP contribution in [0.4, 0.5) is 0 Å². The van der Waals surface area contributed by atoms with Crippen molar-refractivity contribution in [1.82, 2.24) is 0 Å². The van der Waals surface area contributed by atoms with Crippen LogP contribution >= 0.6 is 11.6 Å². The molecule has 1 aliphatic heterocycles. The van der Waals surface area contributed by atoms with Crippen molar-refractivity contribution in [3.63, 3.8) is 0 Å². The van der Waals surface area contributed by atoms with Crippen molar-refractivity contribution in [2.45, 2.75) is 25.5 Å². The molecule has 3 aromatic carbocycles. The van der Waals surface area contributed by atoms with Crippen molar-refractivity contribution in [2.24, 2.45) is 10.7 Å². The van der Waals surface area contributed by atoms with E-state index in [0.29, 0.717) is 11.6 Å². The third-order valence-corrected chi connectivity index (χ3v) is 5.17. The van der Waals surface area contributed by atoms with Crippen molar-refractivity contribution in [1.29, 1.82) is 0 Å². The summed E-state index contributed by atoms with van der Waals surface area (Å²) in [4.78, 5) is 4.71. The molecule has 0 spiro atoms. The number of ether oxygens (including phenoxy) is 2. The lowest BCUT2D eigenvalue weighted by Gasteiger charge is -2.26. The Bertz CT molecular complexity index is 1050. The molecule has 4 nitrogen and oxygen atoms in total. The molecule has 1 unspecified atom stereocenters. The van der Waals surface area contributed by atoms with Crippen LogP contribution in [0.3, 0.4) is 0 Å². The quantitative estimate of drug-likeness (QED) is 0.618. The molecule has 0 aromatic heterocycles. The van der Waals surface area contributed by atoms with Gasteiger partial charge in [-0.05, 0) is 66.4 Å². The van der Waals surface area contributed by atoms with E-state index < -0.39 is 5.54 Å². The van der Waals surface area contributed by atoms with E-state index in [1.807, 2.05) is 68.4 Å². The predicted octanol–water partition coefficient (Wildman–Crippen LogP) is 5.38. The van der Waals surface area contributed by atoms with Gasteiger partial charge in [0.1, 0.15) is 12.4 Å². The Morgan fingerprint density at radius 2 is 1.66 bits per heavy atom. The van der Waals surface area contributed by atoms with Gasteiger partial charge in [0.15, 0.2) is 5.54 Å². The third kappa shape index (κ3) is 3.94. The average Bonchev–Trinajstić information content (AvgIpc) is 3.11. The van der Waals surface area contributed by atoms with Crippen LogP contribution in [0, 0.1) is 0 Å². The number of hydrogen-bond donors (Lipinski definition) is 1. The van der Waals surface area contributed by atoms with Gasteiger partial charge in [0, 0.05) is 5.02 Å². The number of hydrogen-bond acceptors (Lipinski definition) is 4. The van der Waals surface area contributed by atoms with Crippen molar-refractivity contribution in [3.8, 4) is 16.9 Å². The average molecular weight is 407 g/mol. The lowest BCUT2D eigenvalue weighted by molar-refractivity contribution is 0.242. The highest BCUT2D eigenvalue weighted by atomic mass is 35.5. The van der Waals surface area contributed by atoms with Gasteiger partial charge in [0.2, 0.25) is 0 Å². The third-order valence-electron chi connectivity index (χ3n) is 4.93. The standard InChI is InChI=1S/C24H23ClN2O2/c1-16(2)29-22-11-9-19(10-12-22)24(15-28-23(26)27-24)20-7-3-5-17(13-20)18-6-4-8-21(25)14-18/h3-14,16H,15H2,1-2H3,(H2,26,27). The Hall–Kier alpha value is -2.98.